The standard InChI is InChI=1S/C7H9N3O3/c1-12-7(11)3-13-6-2-5(8)9-4-10-6/h2,4H,3H2,1H3,(H2,8,9,10). The minimum absolute atomic E-state index is 0.188. The molecule has 0 radical (unpaired) electrons. The number of ether oxygens (including phenoxy) is 2. The first-order valence-corrected chi connectivity index (χ1v) is 3.49. The Morgan fingerprint density at radius 2 is 2.38 bits per heavy atom. The average molecular weight is 183 g/mol. The van der Waals surface area contributed by atoms with Crippen LogP contribution in [-0.2, 0) is 9.53 Å². The SMILES string of the molecule is COC(=O)COc1cc(N)ncn1. The highest BCUT2D eigenvalue weighted by Crippen LogP contribution is 2.06. The molecule has 0 aliphatic rings. The number of carbonyl (C=O) groups excluding carboxylic acids is 1. The molecule has 0 amide bonds. The summed E-state index contributed by atoms with van der Waals surface area (Å²) in [5.41, 5.74) is 5.35. The van der Waals surface area contributed by atoms with Crippen molar-refractivity contribution in [2.45, 2.75) is 0 Å². The van der Waals surface area contributed by atoms with Crippen LogP contribution in [0.25, 0.3) is 0 Å². The molecule has 0 saturated heterocycles. The summed E-state index contributed by atoms with van der Waals surface area (Å²) in [6.07, 6.45) is 1.25. The number of esters is 1. The van der Waals surface area contributed by atoms with Crippen molar-refractivity contribution in [3.8, 4) is 5.88 Å². The van der Waals surface area contributed by atoms with Crippen LogP contribution in [0.3, 0.4) is 0 Å². The molecule has 0 fully saturated rings. The van der Waals surface area contributed by atoms with Crippen LogP contribution in [0.5, 0.6) is 5.88 Å². The van der Waals surface area contributed by atoms with Gasteiger partial charge in [0.1, 0.15) is 12.1 Å². The molecule has 0 unspecified atom stereocenters. The minimum atomic E-state index is -0.475. The Morgan fingerprint density at radius 3 is 3.00 bits per heavy atom. The molecule has 1 rings (SSSR count). The Balaban J connectivity index is 2.50. The normalized spacial score (nSPS) is 9.31. The average Bonchev–Trinajstić information content (AvgIpc) is 2.14. The maximum atomic E-state index is 10.6. The highest BCUT2D eigenvalue weighted by molar-refractivity contribution is 5.70. The Labute approximate surface area is 74.7 Å². The van der Waals surface area contributed by atoms with Gasteiger partial charge >= 0.3 is 5.97 Å². The third-order valence-corrected chi connectivity index (χ3v) is 1.23. The summed E-state index contributed by atoms with van der Waals surface area (Å²) in [6.45, 7) is -0.188. The van der Waals surface area contributed by atoms with Crippen molar-refractivity contribution >= 4 is 11.8 Å². The summed E-state index contributed by atoms with van der Waals surface area (Å²) < 4.78 is 9.30. The van der Waals surface area contributed by atoms with Gasteiger partial charge in [0.2, 0.25) is 5.88 Å². The molecule has 0 atom stereocenters. The topological polar surface area (TPSA) is 87.3 Å². The van der Waals surface area contributed by atoms with Crippen molar-refractivity contribution in [3.63, 3.8) is 0 Å². The van der Waals surface area contributed by atoms with Crippen molar-refractivity contribution in [2.75, 3.05) is 19.5 Å². The van der Waals surface area contributed by atoms with E-state index >= 15 is 0 Å². The van der Waals surface area contributed by atoms with Gasteiger partial charge < -0.3 is 15.2 Å². The molecule has 2 N–H and O–H groups in total. The van der Waals surface area contributed by atoms with E-state index in [1.54, 1.807) is 0 Å². The summed E-state index contributed by atoms with van der Waals surface area (Å²) in [4.78, 5) is 18.0. The third-order valence-electron chi connectivity index (χ3n) is 1.23. The highest BCUT2D eigenvalue weighted by atomic mass is 16.6. The number of carbonyl (C=O) groups is 1. The Morgan fingerprint density at radius 1 is 1.62 bits per heavy atom. The third kappa shape index (κ3) is 2.94. The van der Waals surface area contributed by atoms with E-state index in [-0.39, 0.29) is 18.3 Å². The molecule has 1 aromatic heterocycles. The van der Waals surface area contributed by atoms with Crippen LogP contribution < -0.4 is 10.5 Å². The molecule has 70 valence electrons. The van der Waals surface area contributed by atoms with E-state index in [2.05, 4.69) is 14.7 Å². The van der Waals surface area contributed by atoms with Crippen molar-refractivity contribution in [2.24, 2.45) is 0 Å². The van der Waals surface area contributed by atoms with Gasteiger partial charge in [0.25, 0.3) is 0 Å². The van der Waals surface area contributed by atoms with Gasteiger partial charge in [0.15, 0.2) is 6.61 Å². The smallest absolute Gasteiger partial charge is 0.343 e. The lowest BCUT2D eigenvalue weighted by molar-refractivity contribution is -0.143. The number of nitrogens with two attached hydrogens (primary N) is 1. The van der Waals surface area contributed by atoms with Crippen LogP contribution >= 0.6 is 0 Å². The quantitative estimate of drug-likeness (QED) is 0.642. The Bertz CT molecular complexity index is 303. The molecule has 0 aliphatic heterocycles. The van der Waals surface area contributed by atoms with E-state index in [1.807, 2.05) is 0 Å². The molecule has 1 heterocycles. The maximum absolute atomic E-state index is 10.6. The number of rotatable bonds is 3. The molecule has 13 heavy (non-hydrogen) atoms. The van der Waals surface area contributed by atoms with E-state index in [1.165, 1.54) is 19.5 Å². The Hall–Kier alpha value is -1.85. The molecule has 6 heteroatoms. The zero-order valence-corrected chi connectivity index (χ0v) is 7.06. The molecular formula is C7H9N3O3. The molecular weight excluding hydrogens is 174 g/mol. The van der Waals surface area contributed by atoms with Crippen LogP contribution in [0, 0.1) is 0 Å². The largest absolute Gasteiger partial charge is 0.466 e. The lowest BCUT2D eigenvalue weighted by Crippen LogP contribution is -2.13. The first-order valence-electron chi connectivity index (χ1n) is 3.49. The summed E-state index contributed by atoms with van der Waals surface area (Å²) in [5, 5.41) is 0. The molecule has 0 aliphatic carbocycles. The number of nitrogens with zero attached hydrogens (tertiary/aromatic N) is 2. The van der Waals surface area contributed by atoms with Crippen LogP contribution in [0.15, 0.2) is 12.4 Å². The molecule has 1 aromatic rings. The lowest BCUT2D eigenvalue weighted by Gasteiger charge is -2.02. The second-order valence-corrected chi connectivity index (χ2v) is 2.15. The number of anilines is 1. The van der Waals surface area contributed by atoms with Crippen LogP contribution in [0.2, 0.25) is 0 Å². The van der Waals surface area contributed by atoms with Gasteiger partial charge in [0, 0.05) is 6.07 Å². The fraction of sp³-hybridized carbons (Fsp3) is 0.286. The number of hydrogen-bond donors (Lipinski definition) is 1. The summed E-state index contributed by atoms with van der Waals surface area (Å²) in [6, 6.07) is 1.42. The molecule has 6 nitrogen and oxygen atoms in total. The van der Waals surface area contributed by atoms with E-state index in [9.17, 15) is 4.79 Å². The zero-order chi connectivity index (χ0) is 9.68. The summed E-state index contributed by atoms with van der Waals surface area (Å²) in [7, 11) is 1.28. The fourth-order valence-corrected chi connectivity index (χ4v) is 0.624. The van der Waals surface area contributed by atoms with Crippen molar-refractivity contribution in [1.29, 1.82) is 0 Å². The van der Waals surface area contributed by atoms with Gasteiger partial charge in [-0.1, -0.05) is 0 Å². The number of hydrogen-bond acceptors (Lipinski definition) is 6. The van der Waals surface area contributed by atoms with E-state index in [0.29, 0.717) is 0 Å². The van der Waals surface area contributed by atoms with Gasteiger partial charge in [-0.3, -0.25) is 0 Å². The van der Waals surface area contributed by atoms with Crippen molar-refractivity contribution < 1.29 is 14.3 Å². The second-order valence-electron chi connectivity index (χ2n) is 2.15. The van der Waals surface area contributed by atoms with Crippen molar-refractivity contribution in [1.82, 2.24) is 9.97 Å². The van der Waals surface area contributed by atoms with Crippen LogP contribution in [-0.4, -0.2) is 29.7 Å². The van der Waals surface area contributed by atoms with E-state index in [0.717, 1.165) is 0 Å². The van der Waals surface area contributed by atoms with Crippen molar-refractivity contribution in [3.05, 3.63) is 12.4 Å². The Kier molecular flexibility index (Phi) is 3.02. The first kappa shape index (κ1) is 9.24. The predicted octanol–water partition coefficient (Wildman–Crippen LogP) is -0.389. The van der Waals surface area contributed by atoms with E-state index < -0.39 is 5.97 Å². The molecule has 0 saturated carbocycles. The zero-order valence-electron chi connectivity index (χ0n) is 7.06. The number of methoxy groups -OCH3 is 1. The monoisotopic (exact) mass is 183 g/mol. The number of aromatic nitrogens is 2. The van der Waals surface area contributed by atoms with Gasteiger partial charge in [-0.15, -0.1) is 0 Å². The second kappa shape index (κ2) is 4.24. The van der Waals surface area contributed by atoms with Gasteiger partial charge in [-0.05, 0) is 0 Å². The van der Waals surface area contributed by atoms with Crippen LogP contribution in [0.1, 0.15) is 0 Å². The van der Waals surface area contributed by atoms with Gasteiger partial charge in [-0.2, -0.15) is 0 Å². The molecule has 0 spiro atoms. The minimum Gasteiger partial charge on any atom is -0.466 e. The molecule has 0 bridgehead atoms. The van der Waals surface area contributed by atoms with E-state index in [4.69, 9.17) is 10.5 Å². The summed E-state index contributed by atoms with van der Waals surface area (Å²) in [5.74, 6) is 0.0601. The maximum Gasteiger partial charge on any atom is 0.343 e. The summed E-state index contributed by atoms with van der Waals surface area (Å²) >= 11 is 0. The molecule has 0 aromatic carbocycles. The van der Waals surface area contributed by atoms with Gasteiger partial charge in [0.05, 0.1) is 7.11 Å². The lowest BCUT2D eigenvalue weighted by atomic mass is 10.6. The predicted molar refractivity (Wildman–Crippen MR) is 44.0 cm³/mol. The van der Waals surface area contributed by atoms with Gasteiger partial charge in [-0.25, -0.2) is 14.8 Å². The fourth-order valence-electron chi connectivity index (χ4n) is 0.624. The van der Waals surface area contributed by atoms with Crippen LogP contribution in [0.4, 0.5) is 5.82 Å². The number of nitrogen functional groups attached to an aromatic ring is 1. The highest BCUT2D eigenvalue weighted by Gasteiger charge is 2.02. The first-order chi connectivity index (χ1) is 6.22.